The largest absolute Gasteiger partial charge is 0.510 e. The third kappa shape index (κ3) is 8.63. The molecule has 3 aromatic heterocycles. The fourth-order valence-electron chi connectivity index (χ4n) is 11.5. The van der Waals surface area contributed by atoms with Crippen LogP contribution in [0.1, 0.15) is 53.7 Å². The van der Waals surface area contributed by atoms with Crippen molar-refractivity contribution in [3.8, 4) is 73.2 Å². The Morgan fingerprint density at radius 2 is 1.05 bits per heavy atom. The van der Waals surface area contributed by atoms with Crippen LogP contribution in [0.15, 0.2) is 273 Å². The first-order valence-corrected chi connectivity index (χ1v) is 28.4. The average molecular weight is 1280 g/mol. The van der Waals surface area contributed by atoms with Crippen LogP contribution in [0.5, 0.6) is 11.5 Å². The normalized spacial score (nSPS) is 15.3. The van der Waals surface area contributed by atoms with Gasteiger partial charge in [0.25, 0.3) is 6.33 Å². The van der Waals surface area contributed by atoms with Crippen LogP contribution >= 0.6 is 0 Å². The maximum Gasteiger partial charge on any atom is 0.268 e. The number of ether oxygens (including phenoxy) is 1. The molecule has 0 bridgehead atoms. The molecule has 15 rings (SSSR count). The number of fused-ring (bicyclic) bond motifs is 10. The van der Waals surface area contributed by atoms with E-state index >= 15 is 0 Å². The van der Waals surface area contributed by atoms with Crippen molar-refractivity contribution in [1.29, 1.82) is 0 Å². The summed E-state index contributed by atoms with van der Waals surface area (Å²) in [5.41, 5.74) is 5.72. The third-order valence-corrected chi connectivity index (χ3v) is 19.3. The van der Waals surface area contributed by atoms with Crippen LogP contribution in [-0.2, 0) is 26.5 Å². The Morgan fingerprint density at radius 3 is 1.70 bits per heavy atom. The van der Waals surface area contributed by atoms with E-state index in [4.69, 9.17) is 17.9 Å². The summed E-state index contributed by atoms with van der Waals surface area (Å²) >= 11 is 0. The first kappa shape index (κ1) is 34.1. The predicted octanol–water partition coefficient (Wildman–Crippen LogP) is 15.2. The average Bonchev–Trinajstić information content (AvgIpc) is 1.63. The molecule has 5 nitrogen and oxygen atoms in total. The smallest absolute Gasteiger partial charge is 0.268 e. The van der Waals surface area contributed by atoms with Crippen LogP contribution in [0.25, 0.3) is 94.5 Å². The fourth-order valence-corrected chi connectivity index (χ4v) is 15.4. The Kier molecular flexibility index (Phi) is 8.55. The molecule has 0 aliphatic carbocycles. The molecule has 0 radical (unpaired) electrons. The van der Waals surface area contributed by atoms with Crippen molar-refractivity contribution in [1.82, 2.24) is 14.1 Å². The zero-order valence-electron chi connectivity index (χ0n) is 64.4. The second kappa shape index (κ2) is 20.8. The Balaban J connectivity index is 0.00000897. The predicted molar refractivity (Wildman–Crippen MR) is 338 cm³/mol. The molecule has 400 valence electrons. The number of aromatic nitrogens is 4. The minimum atomic E-state index is -5.91. The molecule has 0 amide bonds. The molecule has 1 aliphatic rings. The molecule has 4 heterocycles. The van der Waals surface area contributed by atoms with Crippen LogP contribution in [0.4, 0.5) is 0 Å². The molecular weight excluding hydrogens is 1210 g/mol. The fraction of sp³-hybridized carbons (Fsp3) is 0.0526. The number of hydrogen-bond acceptors (Lipinski definition) is 2. The van der Waals surface area contributed by atoms with E-state index < -0.39 is 144 Å². The maximum atomic E-state index is 10.0. The molecule has 0 spiro atoms. The molecule has 0 fully saturated rings. The molecule has 0 unspecified atom stereocenters. The van der Waals surface area contributed by atoms with Crippen molar-refractivity contribution in [2.45, 2.75) is 26.2 Å². The first-order chi connectivity index (χ1) is 48.6. The van der Waals surface area contributed by atoms with Gasteiger partial charge in [-0.25, -0.2) is 4.98 Å². The maximum absolute atomic E-state index is 10.0. The topological polar surface area (TPSA) is 35.9 Å². The monoisotopic (exact) mass is 1280 g/mol. The molecule has 11 aromatic carbocycles. The zero-order valence-corrected chi connectivity index (χ0v) is 47.7. The molecule has 0 saturated heterocycles. The Labute approximate surface area is 527 Å². The summed E-state index contributed by atoms with van der Waals surface area (Å²) in [4.78, 5) is 4.85. The van der Waals surface area contributed by atoms with E-state index in [0.717, 1.165) is 21.9 Å². The van der Waals surface area contributed by atoms with E-state index in [9.17, 15) is 19.2 Å². The van der Waals surface area contributed by atoms with E-state index in [0.29, 0.717) is 39.2 Å². The number of imidazole rings is 1. The summed E-state index contributed by atoms with van der Waals surface area (Å²) in [6, 6.07) is 33.2. The van der Waals surface area contributed by atoms with E-state index in [-0.39, 0.29) is 82.3 Å². The summed E-state index contributed by atoms with van der Waals surface area (Å²) in [5, 5.41) is -0.555. The Hall–Kier alpha value is -9.45. The van der Waals surface area contributed by atoms with Crippen LogP contribution in [0.3, 0.4) is 0 Å². The minimum absolute atomic E-state index is 0. The second-order valence-electron chi connectivity index (χ2n) is 20.8. The molecule has 0 atom stereocenters. The zero-order chi connectivity index (χ0) is 72.3. The quantitative estimate of drug-likeness (QED) is 0.0625. The van der Waals surface area contributed by atoms with Gasteiger partial charge in [-0.1, -0.05) is 244 Å². The van der Waals surface area contributed by atoms with Crippen molar-refractivity contribution in [3.05, 3.63) is 297 Å². The van der Waals surface area contributed by atoms with Gasteiger partial charge in [0, 0.05) is 44.3 Å². The van der Waals surface area contributed by atoms with Gasteiger partial charge >= 0.3 is 0 Å². The number of rotatable bonds is 9. The van der Waals surface area contributed by atoms with Gasteiger partial charge in [0.05, 0.1) is 44.1 Å². The summed E-state index contributed by atoms with van der Waals surface area (Å²) in [7, 11) is -5.91. The van der Waals surface area contributed by atoms with Crippen LogP contribution < -0.4 is 30.1 Å². The van der Waals surface area contributed by atoms with Gasteiger partial charge in [-0.05, 0) is 106 Å². The van der Waals surface area contributed by atoms with E-state index in [1.807, 2.05) is 83.4 Å². The van der Waals surface area contributed by atoms with E-state index in [1.165, 1.54) is 16.7 Å². The van der Waals surface area contributed by atoms with E-state index in [2.05, 4.69) is 39.2 Å². The van der Waals surface area contributed by atoms with Crippen LogP contribution in [-0.4, -0.2) is 22.2 Å². The third-order valence-electron chi connectivity index (χ3n) is 15.2. The standard InChI is InChI=1S/C76H54N4OSi.Pt/c1-76(2,3)53-44-45-77-73(46-53)80-70-41-21-20-38-66(70)67-43-42-56(48-71(67)80)81-55-27-22-26-54(47-55)78-51-79-74-61(52-24-8-4-9-25-52)39-23-40-68(74)64-36-18-16-34-62(64)63-35-17-19-37-65(63)69-49-60(50-72(78)75(69)79)82(57-28-10-5-11-29-57,58-30-12-6-13-31-58)59-32-14-7-15-33-59;/h4-46,49-50H,1-3H3;/q-2;/i4D,5D,6D,7D,8D,9D,10D,11D,12D,13D,14D,15D,24D,25D,28D,29D,30D,31D,32D,33D;. The molecule has 7 heteroatoms. The van der Waals surface area contributed by atoms with Gasteiger partial charge in [0.15, 0.2) is 8.07 Å². The van der Waals surface area contributed by atoms with Gasteiger partial charge in [-0.2, -0.15) is 18.2 Å². The summed E-state index contributed by atoms with van der Waals surface area (Å²) < 4.78 is 201. The summed E-state index contributed by atoms with van der Waals surface area (Å²) in [6.45, 7) is 6.37. The van der Waals surface area contributed by atoms with Crippen molar-refractivity contribution in [2.24, 2.45) is 0 Å². The van der Waals surface area contributed by atoms with Crippen LogP contribution in [0, 0.1) is 18.5 Å². The number of pyridine rings is 1. The van der Waals surface area contributed by atoms with Crippen molar-refractivity contribution >= 4 is 61.7 Å². The van der Waals surface area contributed by atoms with Gasteiger partial charge in [0.2, 0.25) is 0 Å². The first-order valence-electron chi connectivity index (χ1n) is 36.4. The Morgan fingerprint density at radius 1 is 0.494 bits per heavy atom. The van der Waals surface area contributed by atoms with Gasteiger partial charge < -0.3 is 13.9 Å². The second-order valence-corrected chi connectivity index (χ2v) is 24.4. The van der Waals surface area contributed by atoms with Gasteiger partial charge in [0.1, 0.15) is 5.82 Å². The molecule has 1 aliphatic heterocycles. The van der Waals surface area contributed by atoms with Crippen molar-refractivity contribution in [2.75, 3.05) is 0 Å². The summed E-state index contributed by atoms with van der Waals surface area (Å²) in [6.07, 6.45) is 5.35. The molecule has 14 aromatic rings. The molecule has 0 N–H and O–H groups in total. The minimum Gasteiger partial charge on any atom is -0.510 e. The van der Waals surface area contributed by atoms with Gasteiger partial charge in [-0.3, -0.25) is 4.57 Å². The molecule has 0 saturated carbocycles. The van der Waals surface area contributed by atoms with Crippen molar-refractivity contribution in [3.63, 3.8) is 0 Å². The van der Waals surface area contributed by atoms with Crippen molar-refractivity contribution < 1.29 is 57.8 Å². The SMILES string of the molecule is [2H]c1c([2H])c([2H])c(-c2cccc3c2-[n+]2[c-]n(-c4[c-]c(Oc5[c-]c6c(cc5)c5ccccc5n6-c5cc(C(C)(C)C)ccn5)ccc4)c4cc([Si](c5c([2H])c([2H])c([2H])c([2H])c5[2H])(c5c([2H])c([2H])c([2H])c([2H])c5[2H])c5c([2H])c([2H])c([2H])c([2H])c5[2H])cc(c42)-c2ccccc2-c2ccccc2-3)c([2H])c1[2H].[Pt]. The number of benzene rings is 11. The van der Waals surface area contributed by atoms with E-state index in [1.54, 1.807) is 65.4 Å². The molecule has 83 heavy (non-hydrogen) atoms. The number of nitrogens with zero attached hydrogens (tertiary/aromatic N) is 4. The van der Waals surface area contributed by atoms with Crippen LogP contribution in [0.2, 0.25) is 0 Å². The summed E-state index contributed by atoms with van der Waals surface area (Å²) in [5.74, 6) is 1.03. The Bertz CT molecular complexity index is 5750. The van der Waals surface area contributed by atoms with Gasteiger partial charge in [-0.15, -0.1) is 29.7 Å². The number of hydrogen-bond donors (Lipinski definition) is 0. The number of para-hydroxylation sites is 2. The molecular formula is C76H54N4OPtSi-2.